The molecule has 0 aromatic heterocycles. The van der Waals surface area contributed by atoms with E-state index >= 15 is 0 Å². The van der Waals surface area contributed by atoms with Gasteiger partial charge in [0.25, 0.3) is 0 Å². The molecule has 0 aromatic rings. The Morgan fingerprint density at radius 2 is 1.31 bits per heavy atom. The van der Waals surface area contributed by atoms with Gasteiger partial charge in [-0.15, -0.1) is 0 Å². The van der Waals surface area contributed by atoms with E-state index in [0.717, 1.165) is 88.5 Å². The predicted octanol–water partition coefficient (Wildman–Crippen LogP) is 10.1. The molecule has 5 fully saturated rings. The molecule has 0 N–H and O–H groups in total. The van der Waals surface area contributed by atoms with E-state index in [4.69, 9.17) is 18.9 Å². The molecule has 1 heterocycles. The van der Waals surface area contributed by atoms with E-state index < -0.39 is 12.1 Å². The van der Waals surface area contributed by atoms with Crippen LogP contribution in [0.25, 0.3) is 0 Å². The minimum absolute atomic E-state index is 0.0228. The van der Waals surface area contributed by atoms with Crippen molar-refractivity contribution in [2.45, 2.75) is 161 Å². The van der Waals surface area contributed by atoms with Crippen molar-refractivity contribution in [2.24, 2.45) is 29.1 Å². The van der Waals surface area contributed by atoms with Crippen LogP contribution in [0.4, 0.5) is 4.79 Å². The van der Waals surface area contributed by atoms with Crippen LogP contribution in [0.3, 0.4) is 0 Å². The summed E-state index contributed by atoms with van der Waals surface area (Å²) in [6.07, 6.45) is 33.6. The third-order valence-corrected chi connectivity index (χ3v) is 12.0. The van der Waals surface area contributed by atoms with Crippen LogP contribution in [-0.4, -0.2) is 69.1 Å². The molecule has 0 radical (unpaired) electrons. The second-order valence-corrected chi connectivity index (χ2v) is 16.6. The van der Waals surface area contributed by atoms with Crippen LogP contribution in [0.5, 0.6) is 0 Å². The fourth-order valence-electron chi connectivity index (χ4n) is 9.61. The van der Waals surface area contributed by atoms with Crippen LogP contribution in [0, 0.1) is 29.1 Å². The third kappa shape index (κ3) is 16.1. The Balaban J connectivity index is 1.08. The molecule has 8 heteroatoms. The Labute approximate surface area is 309 Å². The standard InChI is InChI=1S/C43H71NO7/c1-3-4-5-6-7-8-9-10-11-12-13-14-15-16-17-18-21-40(45)49-32-38(34-51-42(47)48-24-22-39-20-19-23-44(39)2)33-50-41(46)31-43-28-35-25-36(29-43)27-37(26-35)30-43/h7-8,10-11,35-39H,3-6,9,12-34H2,1-2H3/b8-7-,11-10-. The number of ether oxygens (including phenoxy) is 4. The van der Waals surface area contributed by atoms with Crippen molar-refractivity contribution >= 4 is 18.1 Å². The quantitative estimate of drug-likeness (QED) is 0.0379. The summed E-state index contributed by atoms with van der Waals surface area (Å²) in [5, 5.41) is 0. The molecule has 1 saturated heterocycles. The average Bonchev–Trinajstić information content (AvgIpc) is 3.50. The molecular weight excluding hydrogens is 642 g/mol. The highest BCUT2D eigenvalue weighted by Gasteiger charge is 2.51. The van der Waals surface area contributed by atoms with Gasteiger partial charge in [0.2, 0.25) is 0 Å². The van der Waals surface area contributed by atoms with E-state index in [1.807, 2.05) is 0 Å². The second kappa shape index (κ2) is 23.3. The maximum absolute atomic E-state index is 13.1. The van der Waals surface area contributed by atoms with E-state index in [1.165, 1.54) is 70.6 Å². The van der Waals surface area contributed by atoms with Crippen molar-refractivity contribution in [1.82, 2.24) is 4.90 Å². The number of carbonyl (C=O) groups is 3. The van der Waals surface area contributed by atoms with Gasteiger partial charge in [-0.2, -0.15) is 0 Å². The molecule has 5 aliphatic rings. The molecule has 2 atom stereocenters. The third-order valence-electron chi connectivity index (χ3n) is 12.0. The van der Waals surface area contributed by atoms with E-state index in [1.54, 1.807) is 0 Å². The molecule has 1 aliphatic heterocycles. The summed E-state index contributed by atoms with van der Waals surface area (Å²) in [6.45, 7) is 3.71. The Morgan fingerprint density at radius 1 is 0.725 bits per heavy atom. The van der Waals surface area contributed by atoms with Crippen LogP contribution >= 0.6 is 0 Å². The Hall–Kier alpha value is -2.35. The van der Waals surface area contributed by atoms with Gasteiger partial charge in [-0.05, 0) is 133 Å². The summed E-state index contributed by atoms with van der Waals surface area (Å²) in [6, 6.07) is 0.434. The first-order chi connectivity index (χ1) is 24.8. The van der Waals surface area contributed by atoms with Crippen LogP contribution in [0.15, 0.2) is 24.3 Å². The molecule has 0 spiro atoms. The lowest BCUT2D eigenvalue weighted by Crippen LogP contribution is -2.47. The van der Waals surface area contributed by atoms with Crippen molar-refractivity contribution in [3.63, 3.8) is 0 Å². The first-order valence-corrected chi connectivity index (χ1v) is 20.9. The molecule has 2 unspecified atom stereocenters. The zero-order chi connectivity index (χ0) is 36.2. The lowest BCUT2D eigenvalue weighted by atomic mass is 9.49. The number of hydrogen-bond donors (Lipinski definition) is 0. The molecule has 4 aliphatic carbocycles. The Kier molecular flexibility index (Phi) is 19.0. The van der Waals surface area contributed by atoms with E-state index in [9.17, 15) is 14.4 Å². The summed E-state index contributed by atoms with van der Waals surface area (Å²) >= 11 is 0. The zero-order valence-corrected chi connectivity index (χ0v) is 32.3. The molecule has 51 heavy (non-hydrogen) atoms. The Bertz CT molecular complexity index is 1050. The first kappa shape index (κ1) is 41.4. The van der Waals surface area contributed by atoms with E-state index in [-0.39, 0.29) is 37.2 Å². The highest BCUT2D eigenvalue weighted by molar-refractivity contribution is 5.70. The number of carbonyl (C=O) groups excluding carboxylic acids is 3. The number of unbranched alkanes of at least 4 members (excludes halogenated alkanes) is 9. The molecule has 0 amide bonds. The topological polar surface area (TPSA) is 91.4 Å². The minimum Gasteiger partial charge on any atom is -0.465 e. The molecule has 0 aromatic carbocycles. The monoisotopic (exact) mass is 714 g/mol. The fraction of sp³-hybridized carbons (Fsp3) is 0.837. The Morgan fingerprint density at radius 3 is 1.94 bits per heavy atom. The fourth-order valence-corrected chi connectivity index (χ4v) is 9.61. The SMILES string of the molecule is CCCCC/C=C\C/C=C\CCCCCCCCC(=O)OCC(COC(=O)CC12CC3CC(CC(C3)C1)C2)COC(=O)OCCC1CCCN1C. The van der Waals surface area contributed by atoms with Crippen LogP contribution in [0.2, 0.25) is 0 Å². The minimum atomic E-state index is -0.729. The lowest BCUT2D eigenvalue weighted by Gasteiger charge is -2.56. The van der Waals surface area contributed by atoms with Gasteiger partial charge in [-0.3, -0.25) is 9.59 Å². The number of likely N-dealkylation sites (tertiary alicyclic amines) is 1. The maximum atomic E-state index is 13.1. The lowest BCUT2D eigenvalue weighted by molar-refractivity contribution is -0.155. The van der Waals surface area contributed by atoms with Gasteiger partial charge in [-0.25, -0.2) is 4.79 Å². The van der Waals surface area contributed by atoms with Crippen LogP contribution in [-0.2, 0) is 28.5 Å². The summed E-state index contributed by atoms with van der Waals surface area (Å²) in [4.78, 5) is 40.4. The molecule has 5 rings (SSSR count). The van der Waals surface area contributed by atoms with Crippen LogP contribution in [0.1, 0.15) is 155 Å². The molecule has 8 nitrogen and oxygen atoms in total. The van der Waals surface area contributed by atoms with Crippen molar-refractivity contribution in [3.8, 4) is 0 Å². The largest absolute Gasteiger partial charge is 0.508 e. The summed E-state index contributed by atoms with van der Waals surface area (Å²) in [7, 11) is 2.10. The van der Waals surface area contributed by atoms with Crippen molar-refractivity contribution < 1.29 is 33.3 Å². The van der Waals surface area contributed by atoms with Crippen molar-refractivity contribution in [3.05, 3.63) is 24.3 Å². The number of nitrogens with zero attached hydrogens (tertiary/aromatic N) is 1. The highest BCUT2D eigenvalue weighted by atomic mass is 16.7. The summed E-state index contributed by atoms with van der Waals surface area (Å²) in [5.74, 6) is 1.45. The normalized spacial score (nSPS) is 26.2. The van der Waals surface area contributed by atoms with Gasteiger partial charge >= 0.3 is 18.1 Å². The summed E-state index contributed by atoms with van der Waals surface area (Å²) < 4.78 is 22.2. The van der Waals surface area contributed by atoms with Gasteiger partial charge in [-0.1, -0.05) is 69.8 Å². The first-order valence-electron chi connectivity index (χ1n) is 20.9. The summed E-state index contributed by atoms with van der Waals surface area (Å²) in [5.41, 5.74) is 0.100. The van der Waals surface area contributed by atoms with Crippen molar-refractivity contribution in [1.29, 1.82) is 0 Å². The van der Waals surface area contributed by atoms with Crippen molar-refractivity contribution in [2.75, 3.05) is 40.0 Å². The average molecular weight is 714 g/mol. The molecule has 4 bridgehead atoms. The van der Waals surface area contributed by atoms with Crippen LogP contribution < -0.4 is 0 Å². The highest BCUT2D eigenvalue weighted by Crippen LogP contribution is 2.61. The second-order valence-electron chi connectivity index (χ2n) is 16.6. The maximum Gasteiger partial charge on any atom is 0.508 e. The van der Waals surface area contributed by atoms with Gasteiger partial charge in [0.1, 0.15) is 19.8 Å². The smallest absolute Gasteiger partial charge is 0.465 e. The van der Waals surface area contributed by atoms with Gasteiger partial charge < -0.3 is 23.8 Å². The number of hydrogen-bond acceptors (Lipinski definition) is 8. The number of rotatable bonds is 26. The van der Waals surface area contributed by atoms with E-state index in [2.05, 4.69) is 43.2 Å². The molecular formula is C43H71NO7. The van der Waals surface area contributed by atoms with Gasteiger partial charge in [0.15, 0.2) is 0 Å². The number of esters is 2. The van der Waals surface area contributed by atoms with E-state index in [0.29, 0.717) is 25.5 Å². The van der Waals surface area contributed by atoms with Gasteiger partial charge in [0.05, 0.1) is 18.9 Å². The van der Waals surface area contributed by atoms with Gasteiger partial charge in [0, 0.05) is 12.5 Å². The predicted molar refractivity (Wildman–Crippen MR) is 202 cm³/mol. The zero-order valence-electron chi connectivity index (χ0n) is 32.3. The number of allylic oxidation sites excluding steroid dienone is 4. The molecule has 290 valence electrons. The molecule has 4 saturated carbocycles.